The number of amides is 1. The van der Waals surface area contributed by atoms with Crippen LogP contribution in [0.4, 0.5) is 0 Å². The van der Waals surface area contributed by atoms with Crippen molar-refractivity contribution in [1.29, 1.82) is 0 Å². The molecule has 1 atom stereocenters. The molecule has 2 aromatic carbocycles. The Labute approximate surface area is 168 Å². The van der Waals surface area contributed by atoms with E-state index in [1.807, 2.05) is 41.3 Å². The Morgan fingerprint density at radius 1 is 1.04 bits per heavy atom. The lowest BCUT2D eigenvalue weighted by molar-refractivity contribution is -0.125. The highest BCUT2D eigenvalue weighted by Gasteiger charge is 2.25. The molecule has 3 rings (SSSR count). The van der Waals surface area contributed by atoms with E-state index in [0.717, 1.165) is 31.8 Å². The third-order valence-corrected chi connectivity index (χ3v) is 4.99. The second kappa shape index (κ2) is 10.5. The van der Waals surface area contributed by atoms with Gasteiger partial charge in [-0.15, -0.1) is 0 Å². The Morgan fingerprint density at radius 2 is 1.75 bits per heavy atom. The van der Waals surface area contributed by atoms with Gasteiger partial charge in [0.05, 0.1) is 6.61 Å². The molecule has 0 N–H and O–H groups in total. The smallest absolute Gasteiger partial charge is 0.298 e. The standard InChI is InChI=1S/C24H28N2O2/c1-2-9-24(27)26-17-16-25(15-14-21-10-5-3-6-11-21)18-22(19-26)20-28-23-12-7-4-8-13-23/h3-8,10-13,22H,14-20H2,1H3. The Hall–Kier alpha value is -2.77. The number of hydrogen-bond acceptors (Lipinski definition) is 3. The topological polar surface area (TPSA) is 32.8 Å². The van der Waals surface area contributed by atoms with Crippen molar-refractivity contribution in [3.63, 3.8) is 0 Å². The molecule has 0 aliphatic carbocycles. The number of carbonyl (C=O) groups is 1. The van der Waals surface area contributed by atoms with Crippen LogP contribution in [-0.2, 0) is 11.2 Å². The van der Waals surface area contributed by atoms with Gasteiger partial charge in [0.25, 0.3) is 5.91 Å². The molecule has 1 saturated heterocycles. The summed E-state index contributed by atoms with van der Waals surface area (Å²) in [5, 5.41) is 0. The molecule has 1 aliphatic heterocycles. The van der Waals surface area contributed by atoms with E-state index >= 15 is 0 Å². The zero-order valence-corrected chi connectivity index (χ0v) is 16.5. The van der Waals surface area contributed by atoms with Crippen molar-refractivity contribution < 1.29 is 9.53 Å². The number of benzene rings is 2. The molecular formula is C24H28N2O2. The van der Waals surface area contributed by atoms with Gasteiger partial charge in [-0.3, -0.25) is 4.79 Å². The van der Waals surface area contributed by atoms with Crippen molar-refractivity contribution in [1.82, 2.24) is 9.80 Å². The fourth-order valence-corrected chi connectivity index (χ4v) is 3.52. The van der Waals surface area contributed by atoms with Crippen LogP contribution in [0.15, 0.2) is 60.7 Å². The van der Waals surface area contributed by atoms with E-state index in [4.69, 9.17) is 4.74 Å². The Morgan fingerprint density at radius 3 is 2.46 bits per heavy atom. The summed E-state index contributed by atoms with van der Waals surface area (Å²) >= 11 is 0. The van der Waals surface area contributed by atoms with Crippen LogP contribution >= 0.6 is 0 Å². The number of nitrogens with zero attached hydrogens (tertiary/aromatic N) is 2. The summed E-state index contributed by atoms with van der Waals surface area (Å²) in [5.41, 5.74) is 1.34. The minimum Gasteiger partial charge on any atom is -0.493 e. The van der Waals surface area contributed by atoms with Crippen LogP contribution in [0.5, 0.6) is 5.75 Å². The predicted octanol–water partition coefficient (Wildman–Crippen LogP) is 3.09. The zero-order valence-electron chi connectivity index (χ0n) is 16.5. The Bertz CT molecular complexity index is 796. The van der Waals surface area contributed by atoms with Gasteiger partial charge in [-0.1, -0.05) is 54.5 Å². The molecule has 2 aromatic rings. The first-order valence-electron chi connectivity index (χ1n) is 9.90. The third-order valence-electron chi connectivity index (χ3n) is 4.99. The average Bonchev–Trinajstić information content (AvgIpc) is 2.95. The second-order valence-corrected chi connectivity index (χ2v) is 7.15. The molecule has 1 unspecified atom stereocenters. The summed E-state index contributed by atoms with van der Waals surface area (Å²) in [7, 11) is 0. The predicted molar refractivity (Wildman–Crippen MR) is 112 cm³/mol. The van der Waals surface area contributed by atoms with Gasteiger partial charge in [0, 0.05) is 38.6 Å². The molecule has 4 nitrogen and oxygen atoms in total. The van der Waals surface area contributed by atoms with Crippen molar-refractivity contribution >= 4 is 5.91 Å². The van der Waals surface area contributed by atoms with E-state index in [-0.39, 0.29) is 11.8 Å². The van der Waals surface area contributed by atoms with E-state index in [2.05, 4.69) is 41.0 Å². The van der Waals surface area contributed by atoms with E-state index in [1.165, 1.54) is 5.56 Å². The number of carbonyl (C=O) groups excluding carboxylic acids is 1. The average molecular weight is 377 g/mol. The number of rotatable bonds is 6. The van der Waals surface area contributed by atoms with Crippen molar-refractivity contribution in [3.05, 3.63) is 66.2 Å². The number of para-hydroxylation sites is 1. The summed E-state index contributed by atoms with van der Waals surface area (Å²) in [6.45, 7) is 6.46. The molecule has 0 saturated carbocycles. The summed E-state index contributed by atoms with van der Waals surface area (Å²) in [6, 6.07) is 20.4. The van der Waals surface area contributed by atoms with Gasteiger partial charge in [-0.05, 0) is 37.0 Å². The molecule has 28 heavy (non-hydrogen) atoms. The lowest BCUT2D eigenvalue weighted by atomic mass is 10.1. The first-order valence-corrected chi connectivity index (χ1v) is 9.90. The summed E-state index contributed by atoms with van der Waals surface area (Å²) in [6.07, 6.45) is 1.01. The van der Waals surface area contributed by atoms with Crippen LogP contribution in [0.2, 0.25) is 0 Å². The van der Waals surface area contributed by atoms with Gasteiger partial charge in [-0.2, -0.15) is 0 Å². The van der Waals surface area contributed by atoms with Crippen molar-refractivity contribution in [2.24, 2.45) is 5.92 Å². The van der Waals surface area contributed by atoms with Crippen LogP contribution in [0.3, 0.4) is 0 Å². The molecule has 1 amide bonds. The minimum atomic E-state index is -0.0860. The quantitative estimate of drug-likeness (QED) is 0.727. The third kappa shape index (κ3) is 6.14. The van der Waals surface area contributed by atoms with Crippen molar-refractivity contribution in [2.45, 2.75) is 13.3 Å². The SMILES string of the molecule is CC#CC(=O)N1CCN(CCc2ccccc2)CC(COc2ccccc2)C1. The van der Waals surface area contributed by atoms with Gasteiger partial charge in [0.2, 0.25) is 0 Å². The molecule has 4 heteroatoms. The number of hydrogen-bond donors (Lipinski definition) is 0. The lowest BCUT2D eigenvalue weighted by Crippen LogP contribution is -2.36. The van der Waals surface area contributed by atoms with Gasteiger partial charge in [0.1, 0.15) is 5.75 Å². The second-order valence-electron chi connectivity index (χ2n) is 7.15. The maximum Gasteiger partial charge on any atom is 0.298 e. The highest BCUT2D eigenvalue weighted by molar-refractivity contribution is 5.93. The minimum absolute atomic E-state index is 0.0860. The van der Waals surface area contributed by atoms with Gasteiger partial charge in [0.15, 0.2) is 0 Å². The summed E-state index contributed by atoms with van der Waals surface area (Å²) in [5.74, 6) is 6.45. The largest absolute Gasteiger partial charge is 0.493 e. The van der Waals surface area contributed by atoms with Gasteiger partial charge < -0.3 is 14.5 Å². The van der Waals surface area contributed by atoms with Crippen molar-refractivity contribution in [2.75, 3.05) is 39.3 Å². The highest BCUT2D eigenvalue weighted by atomic mass is 16.5. The normalized spacial score (nSPS) is 17.3. The maximum atomic E-state index is 12.3. The summed E-state index contributed by atoms with van der Waals surface area (Å²) < 4.78 is 6.00. The Balaban J connectivity index is 1.63. The molecule has 146 valence electrons. The van der Waals surface area contributed by atoms with Crippen LogP contribution < -0.4 is 4.74 Å². The summed E-state index contributed by atoms with van der Waals surface area (Å²) in [4.78, 5) is 16.7. The first kappa shape index (κ1) is 20.0. The first-order chi connectivity index (χ1) is 13.7. The van der Waals surface area contributed by atoms with Gasteiger partial charge in [-0.25, -0.2) is 0 Å². The lowest BCUT2D eigenvalue weighted by Gasteiger charge is -2.24. The molecule has 0 aromatic heterocycles. The van der Waals surface area contributed by atoms with E-state index in [0.29, 0.717) is 19.7 Å². The zero-order chi connectivity index (χ0) is 19.6. The monoisotopic (exact) mass is 376 g/mol. The fourth-order valence-electron chi connectivity index (χ4n) is 3.52. The van der Waals surface area contributed by atoms with E-state index < -0.39 is 0 Å². The molecular weight excluding hydrogens is 348 g/mol. The van der Waals surface area contributed by atoms with Crippen LogP contribution in [0, 0.1) is 17.8 Å². The van der Waals surface area contributed by atoms with Crippen molar-refractivity contribution in [3.8, 4) is 17.6 Å². The van der Waals surface area contributed by atoms with Crippen LogP contribution in [-0.4, -0.2) is 55.0 Å². The van der Waals surface area contributed by atoms with E-state index in [1.54, 1.807) is 6.92 Å². The molecule has 1 fully saturated rings. The number of ether oxygens (including phenoxy) is 1. The molecule has 1 heterocycles. The molecule has 0 spiro atoms. The molecule has 1 aliphatic rings. The highest BCUT2D eigenvalue weighted by Crippen LogP contribution is 2.15. The fraction of sp³-hybridized carbons (Fsp3) is 0.375. The van der Waals surface area contributed by atoms with Crippen LogP contribution in [0.25, 0.3) is 0 Å². The Kier molecular flexibility index (Phi) is 7.52. The van der Waals surface area contributed by atoms with Crippen LogP contribution in [0.1, 0.15) is 12.5 Å². The maximum absolute atomic E-state index is 12.3. The molecule has 0 bridgehead atoms. The van der Waals surface area contributed by atoms with Gasteiger partial charge >= 0.3 is 0 Å². The molecule has 0 radical (unpaired) electrons. The van der Waals surface area contributed by atoms with E-state index in [9.17, 15) is 4.79 Å².